The average Bonchev–Trinajstić information content (AvgIpc) is 2.49. The molecule has 4 heteroatoms. The van der Waals surface area contributed by atoms with Gasteiger partial charge >= 0.3 is 5.97 Å². The molecule has 0 spiro atoms. The van der Waals surface area contributed by atoms with E-state index in [4.69, 9.17) is 4.74 Å². The summed E-state index contributed by atoms with van der Waals surface area (Å²) < 4.78 is 6.09. The minimum Gasteiger partial charge on any atom is -0.478 e. The van der Waals surface area contributed by atoms with Gasteiger partial charge in [0, 0.05) is 10.1 Å². The van der Waals surface area contributed by atoms with Gasteiger partial charge in [-0.2, -0.15) is 0 Å². The van der Waals surface area contributed by atoms with Gasteiger partial charge in [-0.1, -0.05) is 6.07 Å². The molecule has 1 unspecified atom stereocenters. The molecule has 1 fully saturated rings. The number of carboxylic acid groups (broad SMARTS) is 1. The SMILES string of the molecule is Cc1ccc(SC2CC(C)(C)OC2(C)C)cc1C(=O)O. The fourth-order valence-electron chi connectivity index (χ4n) is 2.76. The molecular formula is C16H22O3S. The van der Waals surface area contributed by atoms with Crippen LogP contribution in [0.2, 0.25) is 0 Å². The van der Waals surface area contributed by atoms with E-state index in [0.29, 0.717) is 10.8 Å². The number of rotatable bonds is 3. The van der Waals surface area contributed by atoms with Crippen LogP contribution in [0.4, 0.5) is 0 Å². The first-order valence-electron chi connectivity index (χ1n) is 6.81. The molecule has 1 aromatic carbocycles. The molecule has 0 amide bonds. The van der Waals surface area contributed by atoms with Crippen LogP contribution in [-0.4, -0.2) is 27.5 Å². The van der Waals surface area contributed by atoms with Crippen LogP contribution >= 0.6 is 11.8 Å². The lowest BCUT2D eigenvalue weighted by Crippen LogP contribution is -2.30. The van der Waals surface area contributed by atoms with Crippen molar-refractivity contribution in [2.24, 2.45) is 0 Å². The van der Waals surface area contributed by atoms with Gasteiger partial charge in [-0.3, -0.25) is 0 Å². The second-order valence-electron chi connectivity index (χ2n) is 6.56. The molecule has 110 valence electrons. The summed E-state index contributed by atoms with van der Waals surface area (Å²) in [5.74, 6) is -0.868. The number of hydrogen-bond acceptors (Lipinski definition) is 3. The number of benzene rings is 1. The fraction of sp³-hybridized carbons (Fsp3) is 0.562. The maximum atomic E-state index is 11.2. The maximum Gasteiger partial charge on any atom is 0.335 e. The molecule has 0 radical (unpaired) electrons. The Balaban J connectivity index is 2.23. The highest BCUT2D eigenvalue weighted by molar-refractivity contribution is 8.00. The number of aryl methyl sites for hydroxylation is 1. The van der Waals surface area contributed by atoms with Crippen molar-refractivity contribution in [3.63, 3.8) is 0 Å². The third kappa shape index (κ3) is 3.18. The molecule has 1 heterocycles. The number of thioether (sulfide) groups is 1. The standard InChI is InChI=1S/C16H22O3S/c1-10-6-7-11(8-12(10)14(17)18)20-13-9-15(2,3)19-16(13,4)5/h6-8,13H,9H2,1-5H3,(H,17,18). The van der Waals surface area contributed by atoms with Gasteiger partial charge in [-0.05, 0) is 58.7 Å². The Kier molecular flexibility index (Phi) is 3.91. The molecule has 1 aromatic rings. The van der Waals surface area contributed by atoms with Crippen molar-refractivity contribution >= 4 is 17.7 Å². The van der Waals surface area contributed by atoms with Crippen molar-refractivity contribution in [1.29, 1.82) is 0 Å². The summed E-state index contributed by atoms with van der Waals surface area (Å²) in [6.45, 7) is 10.2. The van der Waals surface area contributed by atoms with Gasteiger partial charge in [-0.25, -0.2) is 4.79 Å². The Morgan fingerprint density at radius 3 is 2.50 bits per heavy atom. The highest BCUT2D eigenvalue weighted by atomic mass is 32.2. The Hall–Kier alpha value is -1.00. The zero-order valence-electron chi connectivity index (χ0n) is 12.7. The molecule has 0 aromatic heterocycles. The summed E-state index contributed by atoms with van der Waals surface area (Å²) >= 11 is 1.71. The normalized spacial score (nSPS) is 23.8. The van der Waals surface area contributed by atoms with Crippen LogP contribution in [0.15, 0.2) is 23.1 Å². The zero-order chi connectivity index (χ0) is 15.1. The van der Waals surface area contributed by atoms with Gasteiger partial charge in [-0.15, -0.1) is 11.8 Å². The van der Waals surface area contributed by atoms with E-state index in [1.54, 1.807) is 17.8 Å². The van der Waals surface area contributed by atoms with E-state index in [-0.39, 0.29) is 11.2 Å². The summed E-state index contributed by atoms with van der Waals surface area (Å²) in [6.07, 6.45) is 0.959. The van der Waals surface area contributed by atoms with Crippen molar-refractivity contribution in [3.05, 3.63) is 29.3 Å². The van der Waals surface area contributed by atoms with E-state index in [1.807, 2.05) is 19.1 Å². The molecule has 1 saturated heterocycles. The second kappa shape index (κ2) is 5.08. The maximum absolute atomic E-state index is 11.2. The quantitative estimate of drug-likeness (QED) is 0.910. The second-order valence-corrected chi connectivity index (χ2v) is 7.83. The molecule has 1 aliphatic heterocycles. The molecule has 0 saturated carbocycles. The first kappa shape index (κ1) is 15.4. The number of ether oxygens (including phenoxy) is 1. The number of hydrogen-bond donors (Lipinski definition) is 1. The molecule has 0 aliphatic carbocycles. The van der Waals surface area contributed by atoms with Crippen molar-refractivity contribution in [2.75, 3.05) is 0 Å². The highest BCUT2D eigenvalue weighted by Gasteiger charge is 2.46. The van der Waals surface area contributed by atoms with Gasteiger partial charge < -0.3 is 9.84 Å². The third-order valence-corrected chi connectivity index (χ3v) is 5.25. The molecule has 0 bridgehead atoms. The van der Waals surface area contributed by atoms with Gasteiger partial charge in [0.2, 0.25) is 0 Å². The van der Waals surface area contributed by atoms with Gasteiger partial charge in [0.05, 0.1) is 16.8 Å². The summed E-state index contributed by atoms with van der Waals surface area (Å²) in [6, 6.07) is 5.64. The van der Waals surface area contributed by atoms with E-state index in [2.05, 4.69) is 27.7 Å². The molecule has 3 nitrogen and oxygen atoms in total. The van der Waals surface area contributed by atoms with E-state index < -0.39 is 5.97 Å². The monoisotopic (exact) mass is 294 g/mol. The van der Waals surface area contributed by atoms with Crippen LogP contribution in [-0.2, 0) is 4.74 Å². The summed E-state index contributed by atoms with van der Waals surface area (Å²) in [4.78, 5) is 12.2. The molecule has 1 N–H and O–H groups in total. The third-order valence-electron chi connectivity index (χ3n) is 3.71. The minimum absolute atomic E-state index is 0.124. The minimum atomic E-state index is -0.868. The Morgan fingerprint density at radius 2 is 2.00 bits per heavy atom. The summed E-state index contributed by atoms with van der Waals surface area (Å²) in [7, 11) is 0. The lowest BCUT2D eigenvalue weighted by molar-refractivity contribution is -0.0631. The first-order chi connectivity index (χ1) is 9.11. The van der Waals surface area contributed by atoms with Crippen LogP contribution in [0, 0.1) is 6.92 Å². The van der Waals surface area contributed by atoms with Gasteiger partial charge in [0.1, 0.15) is 0 Å². The van der Waals surface area contributed by atoms with Crippen LogP contribution in [0.1, 0.15) is 50.0 Å². The summed E-state index contributed by atoms with van der Waals surface area (Å²) in [5.41, 5.74) is 0.847. The number of aromatic carboxylic acids is 1. The molecule has 1 aliphatic rings. The molecule has 20 heavy (non-hydrogen) atoms. The predicted octanol–water partition coefficient (Wildman–Crippen LogP) is 4.13. The summed E-state index contributed by atoms with van der Waals surface area (Å²) in [5, 5.41) is 9.52. The molecular weight excluding hydrogens is 272 g/mol. The van der Waals surface area contributed by atoms with Crippen LogP contribution in [0.25, 0.3) is 0 Å². The van der Waals surface area contributed by atoms with Crippen molar-refractivity contribution < 1.29 is 14.6 Å². The van der Waals surface area contributed by atoms with Crippen molar-refractivity contribution in [1.82, 2.24) is 0 Å². The Morgan fingerprint density at radius 1 is 1.35 bits per heavy atom. The van der Waals surface area contributed by atoms with Gasteiger partial charge in [0.15, 0.2) is 0 Å². The number of carboxylic acids is 1. The van der Waals surface area contributed by atoms with E-state index in [1.165, 1.54) is 0 Å². The Bertz CT molecular complexity index is 535. The lowest BCUT2D eigenvalue weighted by atomic mass is 10.0. The lowest BCUT2D eigenvalue weighted by Gasteiger charge is -2.27. The van der Waals surface area contributed by atoms with Crippen LogP contribution < -0.4 is 0 Å². The van der Waals surface area contributed by atoms with E-state index in [9.17, 15) is 9.90 Å². The van der Waals surface area contributed by atoms with Gasteiger partial charge in [0.25, 0.3) is 0 Å². The van der Waals surface area contributed by atoms with Crippen LogP contribution in [0.3, 0.4) is 0 Å². The number of carbonyl (C=O) groups is 1. The zero-order valence-corrected chi connectivity index (χ0v) is 13.5. The highest BCUT2D eigenvalue weighted by Crippen LogP contribution is 2.46. The largest absolute Gasteiger partial charge is 0.478 e. The predicted molar refractivity (Wildman–Crippen MR) is 81.6 cm³/mol. The van der Waals surface area contributed by atoms with Crippen LogP contribution in [0.5, 0.6) is 0 Å². The smallest absolute Gasteiger partial charge is 0.335 e. The van der Waals surface area contributed by atoms with E-state index >= 15 is 0 Å². The Labute approximate surface area is 124 Å². The van der Waals surface area contributed by atoms with Crippen molar-refractivity contribution in [2.45, 2.75) is 62.4 Å². The molecule has 1 atom stereocenters. The topological polar surface area (TPSA) is 46.5 Å². The van der Waals surface area contributed by atoms with E-state index in [0.717, 1.165) is 16.9 Å². The first-order valence-corrected chi connectivity index (χ1v) is 7.69. The van der Waals surface area contributed by atoms with Crippen molar-refractivity contribution in [3.8, 4) is 0 Å². The molecule has 2 rings (SSSR count). The average molecular weight is 294 g/mol. The fourth-order valence-corrected chi connectivity index (χ4v) is 4.24.